The molecule has 4 unspecified atom stereocenters. The third-order valence-electron chi connectivity index (χ3n) is 4.09. The van der Waals surface area contributed by atoms with E-state index in [2.05, 4.69) is 23.8 Å². The average molecular weight is 227 g/mol. The van der Waals surface area contributed by atoms with E-state index < -0.39 is 0 Å². The summed E-state index contributed by atoms with van der Waals surface area (Å²) < 4.78 is 5.70. The zero-order valence-corrected chi connectivity index (χ0v) is 10.7. The molecule has 2 aliphatic rings. The van der Waals surface area contributed by atoms with Crippen LogP contribution in [-0.2, 0) is 4.74 Å². The minimum atomic E-state index is 0.138. The van der Waals surface area contributed by atoms with Crippen LogP contribution in [0.5, 0.6) is 0 Å². The Hall–Kier alpha value is -0.160. The number of ether oxygens (including phenoxy) is 1. The number of rotatable bonds is 2. The SMILES string of the molecule is CC(N)C1CN(C2CC(C)N(C)C2)CCO1. The largest absolute Gasteiger partial charge is 0.374 e. The first kappa shape index (κ1) is 12.3. The van der Waals surface area contributed by atoms with Crippen molar-refractivity contribution >= 4 is 0 Å². The summed E-state index contributed by atoms with van der Waals surface area (Å²) in [4.78, 5) is 5.01. The molecule has 0 amide bonds. The lowest BCUT2D eigenvalue weighted by molar-refractivity contribution is -0.0500. The van der Waals surface area contributed by atoms with Crippen molar-refractivity contribution < 1.29 is 4.74 Å². The topological polar surface area (TPSA) is 41.7 Å². The minimum Gasteiger partial charge on any atom is -0.374 e. The number of likely N-dealkylation sites (tertiary alicyclic amines) is 1. The molecular formula is C12H25N3O. The normalized spacial score (nSPS) is 40.1. The minimum absolute atomic E-state index is 0.138. The average Bonchev–Trinajstić information content (AvgIpc) is 2.59. The first-order chi connectivity index (χ1) is 7.58. The second-order valence-electron chi connectivity index (χ2n) is 5.44. The van der Waals surface area contributed by atoms with Gasteiger partial charge in [0.15, 0.2) is 0 Å². The molecule has 4 nitrogen and oxygen atoms in total. The lowest BCUT2D eigenvalue weighted by Gasteiger charge is -2.38. The molecule has 0 saturated carbocycles. The van der Waals surface area contributed by atoms with Crippen molar-refractivity contribution in [3.8, 4) is 0 Å². The van der Waals surface area contributed by atoms with Gasteiger partial charge in [0.2, 0.25) is 0 Å². The number of likely N-dealkylation sites (N-methyl/N-ethyl adjacent to an activating group) is 1. The molecule has 0 radical (unpaired) electrons. The smallest absolute Gasteiger partial charge is 0.0850 e. The van der Waals surface area contributed by atoms with Gasteiger partial charge in [-0.05, 0) is 27.3 Å². The molecule has 2 N–H and O–H groups in total. The number of hydrogen-bond donors (Lipinski definition) is 1. The highest BCUT2D eigenvalue weighted by molar-refractivity contribution is 4.90. The van der Waals surface area contributed by atoms with Gasteiger partial charge in [0.05, 0.1) is 12.7 Å². The molecule has 0 spiro atoms. The lowest BCUT2D eigenvalue weighted by Crippen LogP contribution is -2.53. The molecule has 2 saturated heterocycles. The van der Waals surface area contributed by atoms with Crippen LogP contribution < -0.4 is 5.73 Å². The molecular weight excluding hydrogens is 202 g/mol. The van der Waals surface area contributed by atoms with Gasteiger partial charge >= 0.3 is 0 Å². The van der Waals surface area contributed by atoms with Crippen LogP contribution in [0.2, 0.25) is 0 Å². The standard InChI is InChI=1S/C12H25N3O/c1-9-6-11(7-14(9)3)15-4-5-16-12(8-15)10(2)13/h9-12H,4-8,13H2,1-3H3. The predicted molar refractivity (Wildman–Crippen MR) is 65.5 cm³/mol. The van der Waals surface area contributed by atoms with E-state index in [4.69, 9.17) is 10.5 Å². The zero-order valence-electron chi connectivity index (χ0n) is 10.7. The van der Waals surface area contributed by atoms with Crippen LogP contribution in [0.25, 0.3) is 0 Å². The highest BCUT2D eigenvalue weighted by Crippen LogP contribution is 2.22. The van der Waals surface area contributed by atoms with Gasteiger partial charge in [-0.15, -0.1) is 0 Å². The van der Waals surface area contributed by atoms with Crippen LogP contribution in [0, 0.1) is 0 Å². The maximum absolute atomic E-state index is 5.92. The molecule has 0 aromatic heterocycles. The highest BCUT2D eigenvalue weighted by Gasteiger charge is 2.34. The number of hydrogen-bond acceptors (Lipinski definition) is 4. The Morgan fingerprint density at radius 3 is 2.69 bits per heavy atom. The maximum Gasteiger partial charge on any atom is 0.0850 e. The van der Waals surface area contributed by atoms with Crippen molar-refractivity contribution in [2.75, 3.05) is 33.3 Å². The van der Waals surface area contributed by atoms with Gasteiger partial charge in [0.25, 0.3) is 0 Å². The van der Waals surface area contributed by atoms with Gasteiger partial charge in [-0.3, -0.25) is 4.90 Å². The van der Waals surface area contributed by atoms with Crippen LogP contribution in [0.1, 0.15) is 20.3 Å². The molecule has 0 aromatic rings. The molecule has 2 heterocycles. The molecule has 0 aliphatic carbocycles. The Morgan fingerprint density at radius 1 is 1.38 bits per heavy atom. The second kappa shape index (κ2) is 5.00. The molecule has 4 atom stereocenters. The summed E-state index contributed by atoms with van der Waals surface area (Å²) >= 11 is 0. The van der Waals surface area contributed by atoms with Gasteiger partial charge in [-0.2, -0.15) is 0 Å². The van der Waals surface area contributed by atoms with E-state index in [-0.39, 0.29) is 12.1 Å². The Kier molecular flexibility index (Phi) is 3.85. The Bertz CT molecular complexity index is 224. The van der Waals surface area contributed by atoms with Crippen molar-refractivity contribution in [3.05, 3.63) is 0 Å². The molecule has 2 aliphatic heterocycles. The molecule has 0 bridgehead atoms. The highest BCUT2D eigenvalue weighted by atomic mass is 16.5. The van der Waals surface area contributed by atoms with Gasteiger partial charge in [0.1, 0.15) is 0 Å². The molecule has 0 aromatic carbocycles. The van der Waals surface area contributed by atoms with Crippen molar-refractivity contribution in [2.45, 2.75) is 44.5 Å². The van der Waals surface area contributed by atoms with E-state index in [1.807, 2.05) is 6.92 Å². The third-order valence-corrected chi connectivity index (χ3v) is 4.09. The Labute approximate surface area is 98.7 Å². The van der Waals surface area contributed by atoms with Crippen LogP contribution >= 0.6 is 0 Å². The van der Waals surface area contributed by atoms with Gasteiger partial charge < -0.3 is 15.4 Å². The number of nitrogens with zero attached hydrogens (tertiary/aromatic N) is 2. The van der Waals surface area contributed by atoms with Gasteiger partial charge in [0, 0.05) is 37.8 Å². The zero-order chi connectivity index (χ0) is 11.7. The molecule has 2 rings (SSSR count). The first-order valence-electron chi connectivity index (χ1n) is 6.39. The monoisotopic (exact) mass is 227 g/mol. The summed E-state index contributed by atoms with van der Waals surface area (Å²) in [6.45, 7) is 8.44. The Balaban J connectivity index is 1.90. The third kappa shape index (κ3) is 2.56. The quantitative estimate of drug-likeness (QED) is 0.728. The maximum atomic E-state index is 5.92. The van der Waals surface area contributed by atoms with Crippen LogP contribution in [-0.4, -0.2) is 67.3 Å². The van der Waals surface area contributed by atoms with E-state index in [1.54, 1.807) is 0 Å². The van der Waals surface area contributed by atoms with Crippen LogP contribution in [0.15, 0.2) is 0 Å². The summed E-state index contributed by atoms with van der Waals surface area (Å²) in [5, 5.41) is 0. The van der Waals surface area contributed by atoms with E-state index in [0.29, 0.717) is 12.1 Å². The van der Waals surface area contributed by atoms with E-state index in [0.717, 1.165) is 19.7 Å². The number of nitrogens with two attached hydrogens (primary N) is 1. The fourth-order valence-electron chi connectivity index (χ4n) is 2.77. The van der Waals surface area contributed by atoms with Crippen molar-refractivity contribution in [2.24, 2.45) is 5.73 Å². The summed E-state index contributed by atoms with van der Waals surface area (Å²) in [6, 6.07) is 1.55. The van der Waals surface area contributed by atoms with Crippen molar-refractivity contribution in [3.63, 3.8) is 0 Å². The predicted octanol–water partition coefficient (Wildman–Crippen LogP) is 0.127. The molecule has 2 fully saturated rings. The first-order valence-corrected chi connectivity index (χ1v) is 6.39. The van der Waals surface area contributed by atoms with Gasteiger partial charge in [-0.25, -0.2) is 0 Å². The van der Waals surface area contributed by atoms with Crippen molar-refractivity contribution in [1.29, 1.82) is 0 Å². The fourth-order valence-corrected chi connectivity index (χ4v) is 2.77. The molecule has 4 heteroatoms. The van der Waals surface area contributed by atoms with Crippen LogP contribution in [0.4, 0.5) is 0 Å². The molecule has 94 valence electrons. The summed E-state index contributed by atoms with van der Waals surface area (Å²) in [5.41, 5.74) is 5.92. The lowest BCUT2D eigenvalue weighted by atomic mass is 10.1. The van der Waals surface area contributed by atoms with E-state index in [1.165, 1.54) is 13.0 Å². The van der Waals surface area contributed by atoms with Crippen LogP contribution in [0.3, 0.4) is 0 Å². The fraction of sp³-hybridized carbons (Fsp3) is 1.00. The summed E-state index contributed by atoms with van der Waals surface area (Å²) in [5.74, 6) is 0. The summed E-state index contributed by atoms with van der Waals surface area (Å²) in [7, 11) is 2.22. The summed E-state index contributed by atoms with van der Waals surface area (Å²) in [6.07, 6.45) is 1.50. The van der Waals surface area contributed by atoms with Crippen molar-refractivity contribution in [1.82, 2.24) is 9.80 Å². The number of morpholine rings is 1. The van der Waals surface area contributed by atoms with E-state index >= 15 is 0 Å². The van der Waals surface area contributed by atoms with Gasteiger partial charge in [-0.1, -0.05) is 0 Å². The Morgan fingerprint density at radius 2 is 2.12 bits per heavy atom. The van der Waals surface area contributed by atoms with E-state index in [9.17, 15) is 0 Å². The molecule has 16 heavy (non-hydrogen) atoms. The second-order valence-corrected chi connectivity index (χ2v) is 5.44.